The number of benzene rings is 2. The number of methoxy groups -OCH3 is 1. The van der Waals surface area contributed by atoms with Crippen LogP contribution in [0.4, 0.5) is 11.4 Å². The summed E-state index contributed by atoms with van der Waals surface area (Å²) in [6.45, 7) is 4.06. The van der Waals surface area contributed by atoms with Gasteiger partial charge in [0.1, 0.15) is 5.75 Å². The topological polar surface area (TPSA) is 76.7 Å². The van der Waals surface area contributed by atoms with Crippen molar-refractivity contribution in [3.8, 4) is 5.75 Å². The predicted octanol–water partition coefficient (Wildman–Crippen LogP) is 3.31. The average molecular weight is 342 g/mol. The maximum absolute atomic E-state index is 12.0. The Hall–Kier alpha value is -3.02. The van der Waals surface area contributed by atoms with Crippen molar-refractivity contribution in [2.75, 3.05) is 24.3 Å². The van der Waals surface area contributed by atoms with Gasteiger partial charge in [-0.3, -0.25) is 4.79 Å². The molecule has 25 heavy (non-hydrogen) atoms. The standard InChI is InChI=1S/C19H22N2O4/c1-13(2)25-17-10-8-15(9-11-17)20-12-18(22)21-16-6-4-14(5-7-16)19(23)24-3/h4-11,13,20H,12H2,1-3H3,(H,21,22). The Labute approximate surface area is 147 Å². The molecule has 0 aliphatic heterocycles. The molecule has 0 aliphatic rings. The summed E-state index contributed by atoms with van der Waals surface area (Å²) in [5.74, 6) is 0.188. The van der Waals surface area contributed by atoms with Crippen molar-refractivity contribution in [3.63, 3.8) is 0 Å². The molecule has 0 atom stereocenters. The van der Waals surface area contributed by atoms with E-state index < -0.39 is 5.97 Å². The minimum absolute atomic E-state index is 0.121. The van der Waals surface area contributed by atoms with Crippen LogP contribution in [0, 0.1) is 0 Å². The van der Waals surface area contributed by atoms with Gasteiger partial charge in [-0.2, -0.15) is 0 Å². The van der Waals surface area contributed by atoms with E-state index in [0.29, 0.717) is 11.3 Å². The maximum atomic E-state index is 12.0. The number of nitrogens with one attached hydrogen (secondary N) is 2. The molecule has 0 heterocycles. The molecular formula is C19H22N2O4. The Morgan fingerprint density at radius 3 is 2.12 bits per heavy atom. The molecule has 0 spiro atoms. The van der Waals surface area contributed by atoms with Crippen LogP contribution >= 0.6 is 0 Å². The van der Waals surface area contributed by atoms with Crippen LogP contribution in [-0.2, 0) is 9.53 Å². The first kappa shape index (κ1) is 18.3. The zero-order valence-corrected chi connectivity index (χ0v) is 14.5. The highest BCUT2D eigenvalue weighted by Crippen LogP contribution is 2.17. The Bertz CT molecular complexity index is 709. The van der Waals surface area contributed by atoms with E-state index in [1.807, 2.05) is 38.1 Å². The third-order valence-electron chi connectivity index (χ3n) is 3.27. The summed E-state index contributed by atoms with van der Waals surface area (Å²) < 4.78 is 10.2. The van der Waals surface area contributed by atoms with Crippen molar-refractivity contribution in [2.24, 2.45) is 0 Å². The number of amides is 1. The highest BCUT2D eigenvalue weighted by molar-refractivity contribution is 5.95. The molecule has 0 radical (unpaired) electrons. The minimum atomic E-state index is -0.413. The second-order valence-electron chi connectivity index (χ2n) is 5.66. The van der Waals surface area contributed by atoms with Crippen LogP contribution in [0.2, 0.25) is 0 Å². The number of hydrogen-bond acceptors (Lipinski definition) is 5. The summed E-state index contributed by atoms with van der Waals surface area (Å²) in [7, 11) is 1.32. The molecule has 2 aromatic rings. The number of rotatable bonds is 7. The molecule has 0 bridgehead atoms. The summed E-state index contributed by atoms with van der Waals surface area (Å²) in [5, 5.41) is 5.80. The molecular weight excluding hydrogens is 320 g/mol. The lowest BCUT2D eigenvalue weighted by atomic mass is 10.2. The number of carbonyl (C=O) groups excluding carboxylic acids is 2. The van der Waals surface area contributed by atoms with Crippen LogP contribution in [-0.4, -0.2) is 31.6 Å². The fraction of sp³-hybridized carbons (Fsp3) is 0.263. The molecule has 6 nitrogen and oxygen atoms in total. The number of hydrogen-bond donors (Lipinski definition) is 2. The number of esters is 1. The fourth-order valence-corrected chi connectivity index (χ4v) is 2.12. The zero-order valence-electron chi connectivity index (χ0n) is 14.5. The van der Waals surface area contributed by atoms with Crippen LogP contribution < -0.4 is 15.4 Å². The van der Waals surface area contributed by atoms with Gasteiger partial charge in [-0.25, -0.2) is 4.79 Å². The number of ether oxygens (including phenoxy) is 2. The van der Waals surface area contributed by atoms with Gasteiger partial charge in [-0.05, 0) is 62.4 Å². The van der Waals surface area contributed by atoms with Gasteiger partial charge in [-0.15, -0.1) is 0 Å². The van der Waals surface area contributed by atoms with E-state index in [1.54, 1.807) is 24.3 Å². The zero-order chi connectivity index (χ0) is 18.2. The smallest absolute Gasteiger partial charge is 0.337 e. The predicted molar refractivity (Wildman–Crippen MR) is 97.1 cm³/mol. The van der Waals surface area contributed by atoms with Gasteiger partial charge in [0.25, 0.3) is 0 Å². The van der Waals surface area contributed by atoms with E-state index >= 15 is 0 Å². The molecule has 1 amide bonds. The van der Waals surface area contributed by atoms with Crippen molar-refractivity contribution in [1.82, 2.24) is 0 Å². The van der Waals surface area contributed by atoms with Gasteiger partial charge >= 0.3 is 5.97 Å². The van der Waals surface area contributed by atoms with Crippen molar-refractivity contribution >= 4 is 23.3 Å². The van der Waals surface area contributed by atoms with E-state index in [2.05, 4.69) is 15.4 Å². The summed E-state index contributed by atoms with van der Waals surface area (Å²) in [4.78, 5) is 23.3. The van der Waals surface area contributed by atoms with Gasteiger partial charge in [0.15, 0.2) is 0 Å². The van der Waals surface area contributed by atoms with Crippen LogP contribution in [0.25, 0.3) is 0 Å². The fourth-order valence-electron chi connectivity index (χ4n) is 2.12. The Kier molecular flexibility index (Phi) is 6.39. The van der Waals surface area contributed by atoms with Crippen molar-refractivity contribution in [3.05, 3.63) is 54.1 Å². The molecule has 2 aromatic carbocycles. The number of anilines is 2. The quantitative estimate of drug-likeness (QED) is 0.755. The van der Waals surface area contributed by atoms with Crippen molar-refractivity contribution in [2.45, 2.75) is 20.0 Å². The molecule has 2 rings (SSSR count). The first-order chi connectivity index (χ1) is 12.0. The molecule has 132 valence electrons. The molecule has 0 saturated heterocycles. The lowest BCUT2D eigenvalue weighted by Crippen LogP contribution is -2.21. The highest BCUT2D eigenvalue weighted by Gasteiger charge is 2.06. The van der Waals surface area contributed by atoms with Crippen molar-refractivity contribution < 1.29 is 19.1 Å². The van der Waals surface area contributed by atoms with Crippen LogP contribution in [0.5, 0.6) is 5.75 Å². The molecule has 0 aromatic heterocycles. The summed E-state index contributed by atoms with van der Waals surface area (Å²) in [6, 6.07) is 13.9. The SMILES string of the molecule is COC(=O)c1ccc(NC(=O)CNc2ccc(OC(C)C)cc2)cc1. The molecule has 0 fully saturated rings. The Balaban J connectivity index is 1.83. The third-order valence-corrected chi connectivity index (χ3v) is 3.27. The summed E-state index contributed by atoms with van der Waals surface area (Å²) in [5.41, 5.74) is 1.87. The van der Waals surface area contributed by atoms with Crippen LogP contribution in [0.15, 0.2) is 48.5 Å². The first-order valence-corrected chi connectivity index (χ1v) is 7.96. The van der Waals surface area contributed by atoms with Crippen LogP contribution in [0.3, 0.4) is 0 Å². The summed E-state index contributed by atoms with van der Waals surface area (Å²) >= 11 is 0. The molecule has 0 saturated carbocycles. The first-order valence-electron chi connectivity index (χ1n) is 7.96. The number of carbonyl (C=O) groups is 2. The largest absolute Gasteiger partial charge is 0.491 e. The molecule has 0 aliphatic carbocycles. The third kappa shape index (κ3) is 5.84. The minimum Gasteiger partial charge on any atom is -0.491 e. The average Bonchev–Trinajstić information content (AvgIpc) is 2.60. The van der Waals surface area contributed by atoms with E-state index in [4.69, 9.17) is 4.74 Å². The van der Waals surface area contributed by atoms with E-state index in [9.17, 15) is 9.59 Å². The van der Waals surface area contributed by atoms with Gasteiger partial charge in [0, 0.05) is 11.4 Å². The monoisotopic (exact) mass is 342 g/mol. The molecule has 2 N–H and O–H groups in total. The van der Waals surface area contributed by atoms with Gasteiger partial charge < -0.3 is 20.1 Å². The highest BCUT2D eigenvalue weighted by atomic mass is 16.5. The second kappa shape index (κ2) is 8.73. The van der Waals surface area contributed by atoms with Crippen molar-refractivity contribution in [1.29, 1.82) is 0 Å². The van der Waals surface area contributed by atoms with Gasteiger partial charge in [0.2, 0.25) is 5.91 Å². The normalized spacial score (nSPS) is 10.2. The Morgan fingerprint density at radius 1 is 0.960 bits per heavy atom. The lowest BCUT2D eigenvalue weighted by Gasteiger charge is -2.11. The lowest BCUT2D eigenvalue weighted by molar-refractivity contribution is -0.114. The van der Waals surface area contributed by atoms with E-state index in [0.717, 1.165) is 11.4 Å². The maximum Gasteiger partial charge on any atom is 0.337 e. The molecule has 0 unspecified atom stereocenters. The van der Waals surface area contributed by atoms with Gasteiger partial charge in [-0.1, -0.05) is 0 Å². The summed E-state index contributed by atoms with van der Waals surface area (Å²) in [6.07, 6.45) is 0.121. The van der Waals surface area contributed by atoms with Crippen LogP contribution in [0.1, 0.15) is 24.2 Å². The van der Waals surface area contributed by atoms with Gasteiger partial charge in [0.05, 0.1) is 25.3 Å². The van der Waals surface area contributed by atoms with E-state index in [1.165, 1.54) is 7.11 Å². The Morgan fingerprint density at radius 2 is 1.56 bits per heavy atom. The molecule has 6 heteroatoms. The van der Waals surface area contributed by atoms with E-state index in [-0.39, 0.29) is 18.6 Å². The second-order valence-corrected chi connectivity index (χ2v) is 5.66.